The van der Waals surface area contributed by atoms with Crippen molar-refractivity contribution in [2.24, 2.45) is 12.0 Å². The Balaban J connectivity index is 2.10. The summed E-state index contributed by atoms with van der Waals surface area (Å²) in [5.74, 6) is 0.295. The minimum atomic E-state index is -0.189. The number of fused-ring (bicyclic) bond motifs is 1. The number of hydrogen-bond donors (Lipinski definition) is 0. The highest BCUT2D eigenvalue weighted by Crippen LogP contribution is 2.24. The molecule has 2 aromatic carbocycles. The van der Waals surface area contributed by atoms with Crippen LogP contribution in [0.3, 0.4) is 0 Å². The highest BCUT2D eigenvalue weighted by molar-refractivity contribution is 7.98. The summed E-state index contributed by atoms with van der Waals surface area (Å²) in [6.07, 6.45) is 1.97. The minimum Gasteiger partial charge on any atom is -0.319 e. The van der Waals surface area contributed by atoms with E-state index in [2.05, 4.69) is 37.0 Å². The lowest BCUT2D eigenvalue weighted by atomic mass is 10.0. The van der Waals surface area contributed by atoms with Gasteiger partial charge in [0, 0.05) is 11.9 Å². The lowest BCUT2D eigenvalue weighted by Crippen LogP contribution is -2.13. The number of benzene rings is 2. The highest BCUT2D eigenvalue weighted by atomic mass is 32.2. The monoisotopic (exact) mass is 356 g/mol. The fourth-order valence-electron chi connectivity index (χ4n) is 2.58. The van der Waals surface area contributed by atoms with Gasteiger partial charge >= 0.3 is 0 Å². The van der Waals surface area contributed by atoms with Crippen LogP contribution in [0.2, 0.25) is 0 Å². The molecule has 0 aliphatic rings. The van der Waals surface area contributed by atoms with E-state index in [1.807, 2.05) is 42.1 Å². The molecule has 0 saturated heterocycles. The second-order valence-electron chi connectivity index (χ2n) is 5.94. The summed E-state index contributed by atoms with van der Waals surface area (Å²) in [6, 6.07) is 14.1. The molecule has 3 rings (SSSR count). The smallest absolute Gasteiger partial charge is 0.280 e. The molecule has 0 aliphatic heterocycles. The van der Waals surface area contributed by atoms with E-state index in [0.717, 1.165) is 19.9 Å². The van der Waals surface area contributed by atoms with E-state index in [-0.39, 0.29) is 5.91 Å². The fourth-order valence-corrected chi connectivity index (χ4v) is 4.24. The molecule has 0 bridgehead atoms. The van der Waals surface area contributed by atoms with Crippen molar-refractivity contribution in [1.29, 1.82) is 0 Å². The number of thioether (sulfide) groups is 1. The van der Waals surface area contributed by atoms with Gasteiger partial charge < -0.3 is 4.57 Å². The van der Waals surface area contributed by atoms with Crippen LogP contribution in [0.4, 0.5) is 0 Å². The average Bonchev–Trinajstić information content (AvgIpc) is 2.90. The van der Waals surface area contributed by atoms with Crippen LogP contribution in [0.5, 0.6) is 0 Å². The van der Waals surface area contributed by atoms with Crippen LogP contribution in [-0.2, 0) is 7.05 Å². The van der Waals surface area contributed by atoms with Gasteiger partial charge in [-0.25, -0.2) is 0 Å². The molecule has 5 heteroatoms. The van der Waals surface area contributed by atoms with E-state index in [1.165, 1.54) is 5.56 Å². The zero-order valence-electron chi connectivity index (χ0n) is 14.2. The molecule has 1 amide bonds. The molecule has 0 saturated carbocycles. The van der Waals surface area contributed by atoms with E-state index in [4.69, 9.17) is 0 Å². The third kappa shape index (κ3) is 3.19. The Labute approximate surface area is 150 Å². The van der Waals surface area contributed by atoms with Crippen LogP contribution in [0.25, 0.3) is 10.2 Å². The van der Waals surface area contributed by atoms with Crippen molar-refractivity contribution in [2.75, 3.05) is 6.26 Å². The number of carbonyl (C=O) groups is 1. The largest absolute Gasteiger partial charge is 0.319 e. The molecule has 3 aromatic rings. The number of hydrogen-bond acceptors (Lipinski definition) is 3. The van der Waals surface area contributed by atoms with E-state index in [0.29, 0.717) is 11.5 Å². The summed E-state index contributed by atoms with van der Waals surface area (Å²) in [7, 11) is 1.96. The van der Waals surface area contributed by atoms with Gasteiger partial charge in [-0.2, -0.15) is 4.99 Å². The lowest BCUT2D eigenvalue weighted by molar-refractivity contribution is 0.0995. The molecule has 0 atom stereocenters. The van der Waals surface area contributed by atoms with Gasteiger partial charge in [-0.3, -0.25) is 4.79 Å². The van der Waals surface area contributed by atoms with Crippen LogP contribution in [-0.4, -0.2) is 16.7 Å². The molecule has 0 spiro atoms. The number of thiazole rings is 1. The van der Waals surface area contributed by atoms with E-state index in [1.54, 1.807) is 23.1 Å². The van der Waals surface area contributed by atoms with Crippen molar-refractivity contribution >= 4 is 39.2 Å². The highest BCUT2D eigenvalue weighted by Gasteiger charge is 2.11. The van der Waals surface area contributed by atoms with Crippen molar-refractivity contribution in [3.05, 3.63) is 58.4 Å². The maximum atomic E-state index is 12.6. The molecule has 0 N–H and O–H groups in total. The van der Waals surface area contributed by atoms with Crippen molar-refractivity contribution in [1.82, 2.24) is 4.57 Å². The number of aryl methyl sites for hydroxylation is 1. The Morgan fingerprint density at radius 3 is 2.67 bits per heavy atom. The number of aromatic nitrogens is 1. The van der Waals surface area contributed by atoms with Crippen molar-refractivity contribution < 1.29 is 4.79 Å². The van der Waals surface area contributed by atoms with Crippen LogP contribution >= 0.6 is 23.1 Å². The van der Waals surface area contributed by atoms with E-state index >= 15 is 0 Å². The number of amides is 1. The number of nitrogens with zero attached hydrogens (tertiary/aromatic N) is 2. The average molecular weight is 357 g/mol. The first-order valence-electron chi connectivity index (χ1n) is 7.83. The van der Waals surface area contributed by atoms with Crippen molar-refractivity contribution in [3.63, 3.8) is 0 Å². The first-order valence-corrected chi connectivity index (χ1v) is 9.87. The molecule has 1 heterocycles. The van der Waals surface area contributed by atoms with Gasteiger partial charge in [0.05, 0.1) is 15.8 Å². The van der Waals surface area contributed by atoms with Gasteiger partial charge in [0.25, 0.3) is 5.91 Å². The zero-order valence-corrected chi connectivity index (χ0v) is 15.9. The Morgan fingerprint density at radius 2 is 1.96 bits per heavy atom. The van der Waals surface area contributed by atoms with Crippen LogP contribution in [0.1, 0.15) is 35.7 Å². The third-order valence-corrected chi connectivity index (χ3v) is 5.93. The number of rotatable bonds is 3. The Bertz CT molecular complexity index is 967. The van der Waals surface area contributed by atoms with Gasteiger partial charge in [0.2, 0.25) is 0 Å². The molecular formula is C19H20N2OS2. The Hall–Kier alpha value is -1.85. The topological polar surface area (TPSA) is 34.4 Å². The molecule has 24 heavy (non-hydrogen) atoms. The first kappa shape index (κ1) is 17.0. The summed E-state index contributed by atoms with van der Waals surface area (Å²) in [5.41, 5.74) is 3.06. The summed E-state index contributed by atoms with van der Waals surface area (Å²) in [6.45, 7) is 4.37. The molecular weight excluding hydrogens is 336 g/mol. The SMILES string of the molecule is CSc1ccccc1C(=O)N=c1sc2cc(C(C)C)ccc2n1C. The van der Waals surface area contributed by atoms with Crippen LogP contribution in [0.15, 0.2) is 52.4 Å². The minimum absolute atomic E-state index is 0.189. The quantitative estimate of drug-likeness (QED) is 0.630. The normalized spacial score (nSPS) is 12.3. The van der Waals surface area contributed by atoms with Crippen molar-refractivity contribution in [3.8, 4) is 0 Å². The molecule has 0 fully saturated rings. The standard InChI is InChI=1S/C19H20N2OS2/c1-12(2)13-9-10-15-17(11-13)24-19(21(15)3)20-18(22)14-7-5-6-8-16(14)23-4/h5-12H,1-4H3. The van der Waals surface area contributed by atoms with E-state index in [9.17, 15) is 4.79 Å². The Kier molecular flexibility index (Phi) is 4.92. The summed E-state index contributed by atoms with van der Waals surface area (Å²) < 4.78 is 3.15. The summed E-state index contributed by atoms with van der Waals surface area (Å²) >= 11 is 3.13. The van der Waals surface area contributed by atoms with E-state index < -0.39 is 0 Å². The van der Waals surface area contributed by atoms with Crippen LogP contribution in [0, 0.1) is 0 Å². The molecule has 0 aliphatic carbocycles. The predicted octanol–water partition coefficient (Wildman–Crippen LogP) is 4.83. The van der Waals surface area contributed by atoms with Gasteiger partial charge in [0.1, 0.15) is 0 Å². The van der Waals surface area contributed by atoms with Gasteiger partial charge in [-0.05, 0) is 42.0 Å². The fraction of sp³-hybridized carbons (Fsp3) is 0.263. The Morgan fingerprint density at radius 1 is 1.21 bits per heavy atom. The predicted molar refractivity (Wildman–Crippen MR) is 103 cm³/mol. The molecule has 1 aromatic heterocycles. The molecule has 3 nitrogen and oxygen atoms in total. The van der Waals surface area contributed by atoms with Gasteiger partial charge in [-0.15, -0.1) is 11.8 Å². The summed E-state index contributed by atoms with van der Waals surface area (Å²) in [5, 5.41) is 0. The maximum Gasteiger partial charge on any atom is 0.280 e. The van der Waals surface area contributed by atoms with Gasteiger partial charge in [-0.1, -0.05) is 43.4 Å². The second kappa shape index (κ2) is 6.95. The van der Waals surface area contributed by atoms with Gasteiger partial charge in [0.15, 0.2) is 4.80 Å². The second-order valence-corrected chi connectivity index (χ2v) is 7.80. The first-order chi connectivity index (χ1) is 11.5. The van der Waals surface area contributed by atoms with Crippen LogP contribution < -0.4 is 4.80 Å². The molecule has 0 radical (unpaired) electrons. The summed E-state index contributed by atoms with van der Waals surface area (Å²) in [4.78, 5) is 18.7. The maximum absolute atomic E-state index is 12.6. The van der Waals surface area contributed by atoms with Crippen molar-refractivity contribution in [2.45, 2.75) is 24.7 Å². The lowest BCUT2D eigenvalue weighted by Gasteiger charge is -2.04. The molecule has 0 unspecified atom stereocenters. The third-order valence-electron chi connectivity index (χ3n) is 4.03. The zero-order chi connectivity index (χ0) is 17.3. The number of carbonyl (C=O) groups excluding carboxylic acids is 1. The molecule has 124 valence electrons.